The normalized spacial score (nSPS) is 25.1. The van der Waals surface area contributed by atoms with Crippen LogP contribution in [0.3, 0.4) is 0 Å². The summed E-state index contributed by atoms with van der Waals surface area (Å²) in [6.07, 6.45) is 0.793. The van der Waals surface area contributed by atoms with Crippen LogP contribution in [-0.4, -0.2) is 45.1 Å². The van der Waals surface area contributed by atoms with Crippen LogP contribution in [0.4, 0.5) is 0 Å². The molecule has 1 unspecified atom stereocenters. The second-order valence-corrected chi connectivity index (χ2v) is 5.19. The monoisotopic (exact) mass is 222 g/mol. The lowest BCUT2D eigenvalue weighted by Gasteiger charge is -2.30. The highest BCUT2D eigenvalue weighted by Crippen LogP contribution is 2.07. The molecule has 1 heterocycles. The number of nitrogens with zero attached hydrogens (tertiary/aromatic N) is 1. The van der Waals surface area contributed by atoms with Crippen LogP contribution in [0.15, 0.2) is 0 Å². The summed E-state index contributed by atoms with van der Waals surface area (Å²) in [5.74, 6) is 0. The predicted molar refractivity (Wildman–Crippen MR) is 54.2 cm³/mol. The summed E-state index contributed by atoms with van der Waals surface area (Å²) in [6, 6.07) is 0. The smallest absolute Gasteiger partial charge is 0.279 e. The fourth-order valence-corrected chi connectivity index (χ4v) is 2.69. The molecule has 14 heavy (non-hydrogen) atoms. The number of ether oxygens (including phenoxy) is 1. The molecule has 84 valence electrons. The van der Waals surface area contributed by atoms with Gasteiger partial charge in [0.15, 0.2) is 0 Å². The van der Waals surface area contributed by atoms with Gasteiger partial charge in [0.25, 0.3) is 10.2 Å². The first-order chi connectivity index (χ1) is 6.56. The van der Waals surface area contributed by atoms with E-state index in [1.807, 2.05) is 13.8 Å². The van der Waals surface area contributed by atoms with E-state index in [0.29, 0.717) is 26.2 Å². The molecule has 0 saturated carbocycles. The molecule has 0 radical (unpaired) electrons. The maximum atomic E-state index is 11.6. The highest BCUT2D eigenvalue weighted by atomic mass is 32.2. The van der Waals surface area contributed by atoms with Crippen molar-refractivity contribution >= 4 is 10.2 Å². The van der Waals surface area contributed by atoms with E-state index < -0.39 is 10.2 Å². The van der Waals surface area contributed by atoms with Crippen molar-refractivity contribution in [1.29, 1.82) is 0 Å². The molecule has 0 aromatic heterocycles. The predicted octanol–water partition coefficient (Wildman–Crippen LogP) is -0.0485. The van der Waals surface area contributed by atoms with Gasteiger partial charge >= 0.3 is 0 Å². The fraction of sp³-hybridized carbons (Fsp3) is 1.00. The molecule has 1 rings (SSSR count). The van der Waals surface area contributed by atoms with Crippen LogP contribution in [0, 0.1) is 0 Å². The standard InChI is InChI=1S/C8H18N2O3S/c1-3-4-9-14(11,12)10-5-6-13-8(2)7-10/h8-9H,3-7H2,1-2H3. The van der Waals surface area contributed by atoms with Crippen LogP contribution >= 0.6 is 0 Å². The zero-order valence-corrected chi connectivity index (χ0v) is 9.51. The van der Waals surface area contributed by atoms with Crippen molar-refractivity contribution in [3.63, 3.8) is 0 Å². The molecule has 0 amide bonds. The summed E-state index contributed by atoms with van der Waals surface area (Å²) in [4.78, 5) is 0. The minimum Gasteiger partial charge on any atom is -0.376 e. The molecule has 0 aromatic rings. The third-order valence-corrected chi connectivity index (χ3v) is 3.66. The second-order valence-electron chi connectivity index (χ2n) is 3.44. The van der Waals surface area contributed by atoms with Gasteiger partial charge in [-0.1, -0.05) is 6.92 Å². The third kappa shape index (κ3) is 3.20. The SMILES string of the molecule is CCCNS(=O)(=O)N1CCOC(C)C1. The Kier molecular flexibility index (Phi) is 4.31. The molecule has 0 aliphatic carbocycles. The van der Waals surface area contributed by atoms with Crippen LogP contribution in [0.5, 0.6) is 0 Å². The van der Waals surface area contributed by atoms with Crippen molar-refractivity contribution in [3.8, 4) is 0 Å². The average molecular weight is 222 g/mol. The molecule has 5 nitrogen and oxygen atoms in total. The van der Waals surface area contributed by atoms with Gasteiger partial charge in [0.05, 0.1) is 12.7 Å². The van der Waals surface area contributed by atoms with Gasteiger partial charge in [0.1, 0.15) is 0 Å². The van der Waals surface area contributed by atoms with Gasteiger partial charge < -0.3 is 4.74 Å². The molecule has 1 N–H and O–H groups in total. The van der Waals surface area contributed by atoms with E-state index in [9.17, 15) is 8.42 Å². The van der Waals surface area contributed by atoms with Crippen LogP contribution < -0.4 is 4.72 Å². The van der Waals surface area contributed by atoms with Gasteiger partial charge in [-0.25, -0.2) is 4.72 Å². The third-order valence-electron chi connectivity index (χ3n) is 2.08. The lowest BCUT2D eigenvalue weighted by atomic mass is 10.3. The van der Waals surface area contributed by atoms with Gasteiger partial charge in [-0.05, 0) is 13.3 Å². The van der Waals surface area contributed by atoms with Crippen molar-refractivity contribution in [2.45, 2.75) is 26.4 Å². The van der Waals surface area contributed by atoms with Crippen LogP contribution in [0.2, 0.25) is 0 Å². The number of morpholine rings is 1. The summed E-state index contributed by atoms with van der Waals surface area (Å²) in [5, 5.41) is 0. The zero-order valence-electron chi connectivity index (χ0n) is 8.69. The molecule has 1 aliphatic rings. The van der Waals surface area contributed by atoms with Crippen molar-refractivity contribution in [2.24, 2.45) is 0 Å². The number of nitrogens with one attached hydrogen (secondary N) is 1. The Labute approximate surface area is 85.6 Å². The Morgan fingerprint density at radius 3 is 2.86 bits per heavy atom. The topological polar surface area (TPSA) is 58.6 Å². The Balaban J connectivity index is 2.53. The second kappa shape index (κ2) is 5.06. The van der Waals surface area contributed by atoms with E-state index in [1.165, 1.54) is 4.31 Å². The molecule has 0 bridgehead atoms. The molecule has 1 aliphatic heterocycles. The van der Waals surface area contributed by atoms with Crippen molar-refractivity contribution in [3.05, 3.63) is 0 Å². The average Bonchev–Trinajstić information content (AvgIpc) is 2.15. The minimum absolute atomic E-state index is 0.0121. The first-order valence-corrected chi connectivity index (χ1v) is 6.36. The van der Waals surface area contributed by atoms with E-state index in [4.69, 9.17) is 4.74 Å². The first-order valence-electron chi connectivity index (χ1n) is 4.92. The highest BCUT2D eigenvalue weighted by molar-refractivity contribution is 7.87. The van der Waals surface area contributed by atoms with Gasteiger partial charge in [-0.3, -0.25) is 0 Å². The van der Waals surface area contributed by atoms with Gasteiger partial charge in [0, 0.05) is 19.6 Å². The maximum absolute atomic E-state index is 11.6. The van der Waals surface area contributed by atoms with E-state index in [0.717, 1.165) is 6.42 Å². The van der Waals surface area contributed by atoms with Gasteiger partial charge in [0.2, 0.25) is 0 Å². The molecule has 0 aromatic carbocycles. The molecular weight excluding hydrogens is 204 g/mol. The Morgan fingerprint density at radius 1 is 1.57 bits per heavy atom. The Hall–Kier alpha value is -0.170. The molecule has 1 atom stereocenters. The van der Waals surface area contributed by atoms with Gasteiger partial charge in [-0.2, -0.15) is 12.7 Å². The number of hydrogen-bond acceptors (Lipinski definition) is 3. The summed E-state index contributed by atoms with van der Waals surface area (Å²) < 4.78 is 32.6. The van der Waals surface area contributed by atoms with E-state index in [-0.39, 0.29) is 6.10 Å². The lowest BCUT2D eigenvalue weighted by molar-refractivity contribution is 0.00978. The molecular formula is C8H18N2O3S. The van der Waals surface area contributed by atoms with Crippen LogP contribution in [0.1, 0.15) is 20.3 Å². The highest BCUT2D eigenvalue weighted by Gasteiger charge is 2.26. The summed E-state index contributed by atoms with van der Waals surface area (Å²) in [6.45, 7) is 5.68. The maximum Gasteiger partial charge on any atom is 0.279 e. The largest absolute Gasteiger partial charge is 0.376 e. The lowest BCUT2D eigenvalue weighted by Crippen LogP contribution is -2.49. The van der Waals surface area contributed by atoms with Crippen molar-refractivity contribution < 1.29 is 13.2 Å². The van der Waals surface area contributed by atoms with E-state index in [2.05, 4.69) is 4.72 Å². The van der Waals surface area contributed by atoms with E-state index in [1.54, 1.807) is 0 Å². The summed E-state index contributed by atoms with van der Waals surface area (Å²) in [5.41, 5.74) is 0. The summed E-state index contributed by atoms with van der Waals surface area (Å²) >= 11 is 0. The van der Waals surface area contributed by atoms with E-state index >= 15 is 0 Å². The minimum atomic E-state index is -3.28. The number of rotatable bonds is 4. The Bertz CT molecular complexity index is 266. The van der Waals surface area contributed by atoms with Gasteiger partial charge in [-0.15, -0.1) is 0 Å². The number of hydrogen-bond donors (Lipinski definition) is 1. The molecule has 6 heteroatoms. The fourth-order valence-electron chi connectivity index (χ4n) is 1.33. The Morgan fingerprint density at radius 2 is 2.29 bits per heavy atom. The summed E-state index contributed by atoms with van der Waals surface area (Å²) in [7, 11) is -3.28. The quantitative estimate of drug-likeness (QED) is 0.725. The van der Waals surface area contributed by atoms with Crippen molar-refractivity contribution in [1.82, 2.24) is 9.03 Å². The molecule has 1 saturated heterocycles. The zero-order chi connectivity index (χ0) is 10.6. The van der Waals surface area contributed by atoms with Crippen molar-refractivity contribution in [2.75, 3.05) is 26.2 Å². The molecule has 0 spiro atoms. The first kappa shape index (κ1) is 11.9. The molecule has 1 fully saturated rings. The van der Waals surface area contributed by atoms with Crippen LogP contribution in [0.25, 0.3) is 0 Å². The van der Waals surface area contributed by atoms with Crippen LogP contribution in [-0.2, 0) is 14.9 Å².